The first-order valence-electron chi connectivity index (χ1n) is 10.9. The largest absolute Gasteiger partial charge is 0.351 e. The van der Waals surface area contributed by atoms with E-state index in [1.807, 2.05) is 54.6 Å². The first-order valence-corrected chi connectivity index (χ1v) is 12.9. The van der Waals surface area contributed by atoms with Crippen LogP contribution in [0.15, 0.2) is 88.7 Å². The van der Waals surface area contributed by atoms with Crippen molar-refractivity contribution in [1.82, 2.24) is 5.32 Å². The summed E-state index contributed by atoms with van der Waals surface area (Å²) in [5, 5.41) is 12.8. The van der Waals surface area contributed by atoms with E-state index < -0.39 is 0 Å². The third-order valence-corrected chi connectivity index (χ3v) is 7.88. The van der Waals surface area contributed by atoms with Crippen LogP contribution < -0.4 is 5.32 Å². The minimum absolute atomic E-state index is 0.195. The lowest BCUT2D eigenvalue weighted by molar-refractivity contribution is -0.117. The fraction of sp³-hybridized carbons (Fsp3) is 0.214. The zero-order chi connectivity index (χ0) is 23.5. The molecule has 0 aliphatic heterocycles. The van der Waals surface area contributed by atoms with Gasteiger partial charge in [-0.15, -0.1) is 23.5 Å². The highest BCUT2D eigenvalue weighted by Gasteiger charge is 2.17. The van der Waals surface area contributed by atoms with Crippen molar-refractivity contribution in [3.8, 4) is 6.07 Å². The highest BCUT2D eigenvalue weighted by molar-refractivity contribution is 8.21. The van der Waals surface area contributed by atoms with Gasteiger partial charge in [-0.05, 0) is 48.1 Å². The number of aryl methyl sites for hydroxylation is 2. The topological polar surface area (TPSA) is 52.9 Å². The minimum atomic E-state index is -0.307. The lowest BCUT2D eigenvalue weighted by Gasteiger charge is -2.13. The van der Waals surface area contributed by atoms with Gasteiger partial charge in [0.2, 0.25) is 0 Å². The van der Waals surface area contributed by atoms with Gasteiger partial charge < -0.3 is 5.32 Å². The van der Waals surface area contributed by atoms with Gasteiger partial charge in [0.05, 0.1) is 4.24 Å². The first kappa shape index (κ1) is 24.7. The van der Waals surface area contributed by atoms with E-state index in [0.29, 0.717) is 18.1 Å². The number of hydrogen-bond donors (Lipinski definition) is 1. The van der Waals surface area contributed by atoms with Gasteiger partial charge in [0.25, 0.3) is 5.91 Å². The Morgan fingerprint density at radius 1 is 0.818 bits per heavy atom. The predicted molar refractivity (Wildman–Crippen MR) is 141 cm³/mol. The van der Waals surface area contributed by atoms with Crippen LogP contribution in [-0.2, 0) is 22.7 Å². The van der Waals surface area contributed by atoms with Crippen LogP contribution in [0.5, 0.6) is 0 Å². The maximum atomic E-state index is 12.9. The lowest BCUT2D eigenvalue weighted by atomic mass is 10.1. The highest BCUT2D eigenvalue weighted by Crippen LogP contribution is 2.37. The van der Waals surface area contributed by atoms with Gasteiger partial charge in [0.15, 0.2) is 0 Å². The molecule has 0 atom stereocenters. The second kappa shape index (κ2) is 12.9. The zero-order valence-electron chi connectivity index (χ0n) is 19.0. The van der Waals surface area contributed by atoms with E-state index >= 15 is 0 Å². The second-order valence-corrected chi connectivity index (χ2v) is 9.93. The minimum Gasteiger partial charge on any atom is -0.351 e. The number of carbonyl (C=O) groups is 1. The molecule has 3 rings (SSSR count). The number of hydrogen-bond acceptors (Lipinski definition) is 4. The fourth-order valence-corrected chi connectivity index (χ4v) is 5.73. The van der Waals surface area contributed by atoms with Crippen LogP contribution >= 0.6 is 23.5 Å². The van der Waals surface area contributed by atoms with Crippen LogP contribution in [0.3, 0.4) is 0 Å². The quantitative estimate of drug-likeness (QED) is 0.268. The molecular weight excluding hydrogens is 444 g/mol. The van der Waals surface area contributed by atoms with Gasteiger partial charge in [-0.3, -0.25) is 4.79 Å². The summed E-state index contributed by atoms with van der Waals surface area (Å²) in [7, 11) is 0. The van der Waals surface area contributed by atoms with E-state index in [1.165, 1.54) is 22.3 Å². The molecule has 0 spiro atoms. The Morgan fingerprint density at radius 3 is 1.85 bits per heavy atom. The lowest BCUT2D eigenvalue weighted by Crippen LogP contribution is -2.27. The van der Waals surface area contributed by atoms with Gasteiger partial charge >= 0.3 is 0 Å². The smallest absolute Gasteiger partial charge is 0.263 e. The number of benzene rings is 3. The van der Waals surface area contributed by atoms with E-state index in [-0.39, 0.29) is 11.5 Å². The summed E-state index contributed by atoms with van der Waals surface area (Å²) in [5.74, 6) is 1.12. The molecule has 1 N–H and O–H groups in total. The maximum Gasteiger partial charge on any atom is 0.263 e. The Labute approximate surface area is 205 Å². The predicted octanol–water partition coefficient (Wildman–Crippen LogP) is 6.56. The standard InChI is InChI=1S/C28H28N2OS2/c1-21-10-6-8-14-24(21)19-32-28(33-20-25-15-9-7-11-22(25)2)26(18-29)27(31)30-17-16-23-12-4-3-5-13-23/h3-15H,16-17,19-20H2,1-2H3,(H,30,31). The van der Waals surface area contributed by atoms with Crippen LogP contribution in [0.25, 0.3) is 0 Å². The van der Waals surface area contributed by atoms with Crippen molar-refractivity contribution in [3.63, 3.8) is 0 Å². The van der Waals surface area contributed by atoms with E-state index in [4.69, 9.17) is 0 Å². The van der Waals surface area contributed by atoms with Crippen LogP contribution in [0.4, 0.5) is 0 Å². The number of nitrogens with one attached hydrogen (secondary N) is 1. The van der Waals surface area contributed by atoms with Crippen molar-refractivity contribution in [3.05, 3.63) is 116 Å². The molecule has 1 amide bonds. The Hall–Kier alpha value is -2.94. The molecule has 0 aliphatic rings. The molecule has 0 unspecified atom stereocenters. The Kier molecular flexibility index (Phi) is 9.68. The van der Waals surface area contributed by atoms with E-state index in [9.17, 15) is 10.1 Å². The number of carbonyl (C=O) groups excluding carboxylic acids is 1. The molecule has 3 aromatic rings. The summed E-state index contributed by atoms with van der Waals surface area (Å²) in [5.41, 5.74) is 6.18. The molecule has 0 radical (unpaired) electrons. The Bertz CT molecular complexity index is 1100. The summed E-state index contributed by atoms with van der Waals surface area (Å²) >= 11 is 3.13. The van der Waals surface area contributed by atoms with Crippen LogP contribution in [0.1, 0.15) is 27.8 Å². The average molecular weight is 473 g/mol. The van der Waals surface area contributed by atoms with Crippen molar-refractivity contribution in [2.45, 2.75) is 31.8 Å². The number of rotatable bonds is 10. The molecule has 0 aliphatic carbocycles. The van der Waals surface area contributed by atoms with Gasteiger partial charge in [-0.2, -0.15) is 5.26 Å². The monoisotopic (exact) mass is 472 g/mol. The van der Waals surface area contributed by atoms with Crippen molar-refractivity contribution in [2.24, 2.45) is 0 Å². The number of amides is 1. The molecule has 0 fully saturated rings. The highest BCUT2D eigenvalue weighted by atomic mass is 32.2. The Morgan fingerprint density at radius 2 is 1.33 bits per heavy atom. The summed E-state index contributed by atoms with van der Waals surface area (Å²) < 4.78 is 0.765. The number of thioether (sulfide) groups is 2. The third kappa shape index (κ3) is 7.56. The van der Waals surface area contributed by atoms with Crippen molar-refractivity contribution in [2.75, 3.05) is 6.54 Å². The van der Waals surface area contributed by atoms with Crippen molar-refractivity contribution in [1.29, 1.82) is 5.26 Å². The molecule has 3 nitrogen and oxygen atoms in total. The molecule has 168 valence electrons. The van der Waals surface area contributed by atoms with Gasteiger partial charge in [0.1, 0.15) is 11.6 Å². The van der Waals surface area contributed by atoms with Crippen LogP contribution in [-0.4, -0.2) is 12.5 Å². The third-order valence-electron chi connectivity index (χ3n) is 5.33. The van der Waals surface area contributed by atoms with E-state index in [2.05, 4.69) is 49.5 Å². The van der Waals surface area contributed by atoms with Gasteiger partial charge in [-0.1, -0.05) is 78.9 Å². The summed E-state index contributed by atoms with van der Waals surface area (Å²) in [6, 6.07) is 28.6. The normalized spacial score (nSPS) is 10.3. The molecule has 0 aromatic heterocycles. The summed E-state index contributed by atoms with van der Waals surface area (Å²) in [4.78, 5) is 12.9. The second-order valence-electron chi connectivity index (χ2n) is 7.70. The average Bonchev–Trinajstić information content (AvgIpc) is 2.83. The molecule has 33 heavy (non-hydrogen) atoms. The first-order chi connectivity index (χ1) is 16.1. The van der Waals surface area contributed by atoms with Crippen molar-refractivity contribution < 1.29 is 4.79 Å². The van der Waals surface area contributed by atoms with E-state index in [0.717, 1.165) is 16.2 Å². The molecule has 0 heterocycles. The molecular formula is C28H28N2OS2. The van der Waals surface area contributed by atoms with Crippen LogP contribution in [0.2, 0.25) is 0 Å². The number of nitrogens with zero attached hydrogens (tertiary/aromatic N) is 1. The Balaban J connectivity index is 1.75. The fourth-order valence-electron chi connectivity index (χ4n) is 3.26. The molecule has 5 heteroatoms. The summed E-state index contributed by atoms with van der Waals surface area (Å²) in [6.45, 7) is 4.66. The molecule has 3 aromatic carbocycles. The van der Waals surface area contributed by atoms with Crippen molar-refractivity contribution >= 4 is 29.4 Å². The van der Waals surface area contributed by atoms with Gasteiger partial charge in [-0.25, -0.2) is 0 Å². The maximum absolute atomic E-state index is 12.9. The van der Waals surface area contributed by atoms with Crippen LogP contribution in [0, 0.1) is 25.2 Å². The molecule has 0 saturated carbocycles. The number of nitriles is 1. The van der Waals surface area contributed by atoms with E-state index in [1.54, 1.807) is 23.5 Å². The molecule has 0 bridgehead atoms. The summed E-state index contributed by atoms with van der Waals surface area (Å²) in [6.07, 6.45) is 0.729. The SMILES string of the molecule is Cc1ccccc1CSC(SCc1ccccc1C)=C(C#N)C(=O)NCCc1ccccc1. The zero-order valence-corrected chi connectivity index (χ0v) is 20.6. The van der Waals surface area contributed by atoms with Gasteiger partial charge in [0, 0.05) is 18.1 Å². The molecule has 0 saturated heterocycles.